The zero-order valence-corrected chi connectivity index (χ0v) is 12.9. The minimum Gasteiger partial charge on any atom is -0.329 e. The van der Waals surface area contributed by atoms with Crippen LogP contribution in [0.4, 0.5) is 0 Å². The lowest BCUT2D eigenvalue weighted by molar-refractivity contribution is 0.0725. The molecular formula is C19H20N2O2. The largest absolute Gasteiger partial charge is 0.329 e. The average molecular weight is 308 g/mol. The van der Waals surface area contributed by atoms with Crippen molar-refractivity contribution >= 4 is 11.7 Å². The van der Waals surface area contributed by atoms with Gasteiger partial charge in [-0.3, -0.25) is 14.5 Å². The highest BCUT2D eigenvalue weighted by molar-refractivity contribution is 6.04. The monoisotopic (exact) mass is 308 g/mol. The van der Waals surface area contributed by atoms with Crippen LogP contribution in [-0.4, -0.2) is 35.8 Å². The fraction of sp³-hybridized carbons (Fsp3) is 0.263. The zero-order chi connectivity index (χ0) is 16.1. The van der Waals surface area contributed by atoms with Crippen molar-refractivity contribution in [2.45, 2.75) is 19.0 Å². The highest BCUT2D eigenvalue weighted by atomic mass is 16.2. The SMILES string of the molecule is O=C(N[C@H](C(=O)c1ccccc1)N1CCCC1)c1ccccc1. The molecule has 0 spiro atoms. The molecule has 3 rings (SSSR count). The first-order valence-corrected chi connectivity index (χ1v) is 7.95. The second-order valence-corrected chi connectivity index (χ2v) is 5.72. The Morgan fingerprint density at radius 3 is 1.91 bits per heavy atom. The third-order valence-electron chi connectivity index (χ3n) is 4.12. The van der Waals surface area contributed by atoms with E-state index in [0.717, 1.165) is 25.9 Å². The van der Waals surface area contributed by atoms with Crippen molar-refractivity contribution in [3.63, 3.8) is 0 Å². The van der Waals surface area contributed by atoms with Gasteiger partial charge in [0.2, 0.25) is 0 Å². The number of hydrogen-bond donors (Lipinski definition) is 1. The third kappa shape index (κ3) is 3.66. The molecule has 0 saturated carbocycles. The highest BCUT2D eigenvalue weighted by Crippen LogP contribution is 2.15. The van der Waals surface area contributed by atoms with E-state index in [4.69, 9.17) is 0 Å². The second kappa shape index (κ2) is 7.20. The molecule has 2 aromatic rings. The van der Waals surface area contributed by atoms with Crippen molar-refractivity contribution in [1.82, 2.24) is 10.2 Å². The first-order chi connectivity index (χ1) is 11.3. The van der Waals surface area contributed by atoms with Crippen LogP contribution < -0.4 is 5.32 Å². The maximum atomic E-state index is 12.8. The molecule has 118 valence electrons. The quantitative estimate of drug-likeness (QED) is 0.864. The Kier molecular flexibility index (Phi) is 4.83. The predicted molar refractivity (Wildman–Crippen MR) is 89.3 cm³/mol. The minimum atomic E-state index is -0.604. The van der Waals surface area contributed by atoms with Gasteiger partial charge < -0.3 is 5.32 Å². The van der Waals surface area contributed by atoms with Gasteiger partial charge in [-0.1, -0.05) is 48.5 Å². The van der Waals surface area contributed by atoms with E-state index in [0.29, 0.717) is 11.1 Å². The van der Waals surface area contributed by atoms with Crippen LogP contribution in [0, 0.1) is 0 Å². The van der Waals surface area contributed by atoms with Crippen molar-refractivity contribution in [2.24, 2.45) is 0 Å². The van der Waals surface area contributed by atoms with Crippen LogP contribution >= 0.6 is 0 Å². The molecule has 0 unspecified atom stereocenters. The molecule has 4 nitrogen and oxygen atoms in total. The Morgan fingerprint density at radius 2 is 1.35 bits per heavy atom. The van der Waals surface area contributed by atoms with E-state index in [9.17, 15) is 9.59 Å². The number of ketones is 1. The first kappa shape index (κ1) is 15.4. The summed E-state index contributed by atoms with van der Waals surface area (Å²) in [6.45, 7) is 1.66. The van der Waals surface area contributed by atoms with Gasteiger partial charge in [-0.05, 0) is 25.0 Å². The normalized spacial score (nSPS) is 16.0. The van der Waals surface area contributed by atoms with E-state index in [1.54, 1.807) is 24.3 Å². The topological polar surface area (TPSA) is 49.4 Å². The number of likely N-dealkylation sites (tertiary alicyclic amines) is 1. The van der Waals surface area contributed by atoms with E-state index in [2.05, 4.69) is 10.2 Å². The number of amides is 1. The van der Waals surface area contributed by atoms with Gasteiger partial charge in [0.05, 0.1) is 0 Å². The van der Waals surface area contributed by atoms with Gasteiger partial charge in [0, 0.05) is 24.2 Å². The lowest BCUT2D eigenvalue weighted by atomic mass is 10.1. The maximum absolute atomic E-state index is 12.8. The van der Waals surface area contributed by atoms with E-state index in [1.165, 1.54) is 0 Å². The van der Waals surface area contributed by atoms with Gasteiger partial charge in [-0.15, -0.1) is 0 Å². The Bertz CT molecular complexity index is 664. The fourth-order valence-corrected chi connectivity index (χ4v) is 2.88. The lowest BCUT2D eigenvalue weighted by Gasteiger charge is -2.27. The number of Topliss-reactive ketones (excluding diaryl/α,β-unsaturated/α-hetero) is 1. The molecule has 4 heteroatoms. The van der Waals surface area contributed by atoms with E-state index in [1.807, 2.05) is 36.4 Å². The van der Waals surface area contributed by atoms with Crippen molar-refractivity contribution in [2.75, 3.05) is 13.1 Å². The molecule has 1 aliphatic heterocycles. The fourth-order valence-electron chi connectivity index (χ4n) is 2.88. The summed E-state index contributed by atoms with van der Waals surface area (Å²) >= 11 is 0. The number of carbonyl (C=O) groups excluding carboxylic acids is 2. The summed E-state index contributed by atoms with van der Waals surface area (Å²) in [4.78, 5) is 27.4. The van der Waals surface area contributed by atoms with Crippen LogP contribution in [-0.2, 0) is 0 Å². The van der Waals surface area contributed by atoms with E-state index in [-0.39, 0.29) is 11.7 Å². The lowest BCUT2D eigenvalue weighted by Crippen LogP contribution is -2.52. The number of nitrogens with one attached hydrogen (secondary N) is 1. The standard InChI is InChI=1S/C19H20N2O2/c22-17(15-9-3-1-4-10-15)18(21-13-7-8-14-21)20-19(23)16-11-5-2-6-12-16/h1-6,9-12,18H,7-8,13-14H2,(H,20,23)/t18-/m0/s1. The number of benzene rings is 2. The van der Waals surface area contributed by atoms with Crippen molar-refractivity contribution in [1.29, 1.82) is 0 Å². The van der Waals surface area contributed by atoms with Crippen molar-refractivity contribution in [3.05, 3.63) is 71.8 Å². The minimum absolute atomic E-state index is 0.0585. The van der Waals surface area contributed by atoms with Crippen LogP contribution in [0.1, 0.15) is 33.6 Å². The Morgan fingerprint density at radius 1 is 0.826 bits per heavy atom. The van der Waals surface area contributed by atoms with Crippen molar-refractivity contribution < 1.29 is 9.59 Å². The molecule has 1 atom stereocenters. The summed E-state index contributed by atoms with van der Waals surface area (Å²) < 4.78 is 0. The summed E-state index contributed by atoms with van der Waals surface area (Å²) in [6, 6.07) is 18.2. The smallest absolute Gasteiger partial charge is 0.252 e. The van der Waals surface area contributed by atoms with E-state index < -0.39 is 6.17 Å². The van der Waals surface area contributed by atoms with Gasteiger partial charge in [-0.2, -0.15) is 0 Å². The Hall–Kier alpha value is -2.46. The van der Waals surface area contributed by atoms with Gasteiger partial charge in [0.1, 0.15) is 6.17 Å². The maximum Gasteiger partial charge on any atom is 0.252 e. The second-order valence-electron chi connectivity index (χ2n) is 5.72. The summed E-state index contributed by atoms with van der Waals surface area (Å²) in [7, 11) is 0. The third-order valence-corrected chi connectivity index (χ3v) is 4.12. The summed E-state index contributed by atoms with van der Waals surface area (Å²) in [5.74, 6) is -0.274. The molecule has 1 N–H and O–H groups in total. The van der Waals surface area contributed by atoms with Gasteiger partial charge in [0.25, 0.3) is 5.91 Å². The highest BCUT2D eigenvalue weighted by Gasteiger charge is 2.30. The molecule has 1 heterocycles. The van der Waals surface area contributed by atoms with Crippen LogP contribution in [0.5, 0.6) is 0 Å². The molecule has 1 saturated heterocycles. The average Bonchev–Trinajstić information content (AvgIpc) is 3.15. The number of nitrogens with zero attached hydrogens (tertiary/aromatic N) is 1. The van der Waals surface area contributed by atoms with Crippen molar-refractivity contribution in [3.8, 4) is 0 Å². The molecule has 1 amide bonds. The Labute approximate surface area is 136 Å². The first-order valence-electron chi connectivity index (χ1n) is 7.95. The Balaban J connectivity index is 1.81. The molecule has 0 aliphatic carbocycles. The summed E-state index contributed by atoms with van der Waals surface area (Å²) in [5, 5.41) is 2.91. The van der Waals surface area contributed by atoms with Crippen LogP contribution in [0.3, 0.4) is 0 Å². The molecule has 1 fully saturated rings. The number of hydrogen-bond acceptors (Lipinski definition) is 3. The molecule has 1 aliphatic rings. The molecule has 23 heavy (non-hydrogen) atoms. The summed E-state index contributed by atoms with van der Waals surface area (Å²) in [5.41, 5.74) is 1.19. The van der Waals surface area contributed by atoms with Crippen LogP contribution in [0.25, 0.3) is 0 Å². The van der Waals surface area contributed by atoms with Crippen LogP contribution in [0.2, 0.25) is 0 Å². The zero-order valence-electron chi connectivity index (χ0n) is 12.9. The van der Waals surface area contributed by atoms with Gasteiger partial charge in [-0.25, -0.2) is 0 Å². The van der Waals surface area contributed by atoms with Gasteiger partial charge in [0.15, 0.2) is 5.78 Å². The molecule has 0 bridgehead atoms. The number of carbonyl (C=O) groups is 2. The predicted octanol–water partition coefficient (Wildman–Crippen LogP) is 2.72. The summed E-state index contributed by atoms with van der Waals surface area (Å²) in [6.07, 6.45) is 1.51. The van der Waals surface area contributed by atoms with Gasteiger partial charge >= 0.3 is 0 Å². The van der Waals surface area contributed by atoms with E-state index >= 15 is 0 Å². The molecular weight excluding hydrogens is 288 g/mol. The number of rotatable bonds is 5. The van der Waals surface area contributed by atoms with Crippen LogP contribution in [0.15, 0.2) is 60.7 Å². The molecule has 2 aromatic carbocycles. The molecule has 0 aromatic heterocycles. The molecule has 0 radical (unpaired) electrons.